The highest BCUT2D eigenvalue weighted by Crippen LogP contribution is 2.32. The van der Waals surface area contributed by atoms with E-state index in [2.05, 4.69) is 37.7 Å². The van der Waals surface area contributed by atoms with Crippen LogP contribution in [0.2, 0.25) is 0 Å². The maximum atomic E-state index is 12.9. The Labute approximate surface area is 170 Å². The smallest absolute Gasteiger partial charge is 0.324 e. The van der Waals surface area contributed by atoms with E-state index in [0.29, 0.717) is 28.6 Å². The average molecular weight is 411 g/mol. The first-order valence-corrected chi connectivity index (χ1v) is 9.91. The molecule has 4 aromatic rings. The molecule has 0 aliphatic carbocycles. The lowest BCUT2D eigenvalue weighted by Gasteiger charge is -2.22. The summed E-state index contributed by atoms with van der Waals surface area (Å²) in [5.41, 5.74) is 2.91. The second kappa shape index (κ2) is 7.28. The number of aromatic amines is 1. The van der Waals surface area contributed by atoms with Crippen LogP contribution < -0.4 is 10.6 Å². The molecule has 1 aliphatic rings. The molecule has 0 bridgehead atoms. The summed E-state index contributed by atoms with van der Waals surface area (Å²) >= 11 is 0. The number of anilines is 2. The van der Waals surface area contributed by atoms with E-state index in [0.717, 1.165) is 49.1 Å². The first-order chi connectivity index (χ1) is 14.5. The summed E-state index contributed by atoms with van der Waals surface area (Å²) in [6.45, 7) is 2.08. The molecule has 1 saturated heterocycles. The Hall–Kier alpha value is -3.13. The Morgan fingerprint density at radius 1 is 0.900 bits per heavy atom. The van der Waals surface area contributed by atoms with Crippen molar-refractivity contribution in [2.24, 2.45) is 0 Å². The number of rotatable bonds is 3. The number of nitrogens with one attached hydrogen (secondary N) is 3. The van der Waals surface area contributed by atoms with E-state index >= 15 is 0 Å². The summed E-state index contributed by atoms with van der Waals surface area (Å²) in [5, 5.41) is 6.94. The van der Waals surface area contributed by atoms with Crippen molar-refractivity contribution >= 4 is 33.7 Å². The number of hydrogen-bond donors (Lipinski definition) is 3. The van der Waals surface area contributed by atoms with Gasteiger partial charge in [0, 0.05) is 5.39 Å². The molecule has 1 fully saturated rings. The minimum Gasteiger partial charge on any atom is -0.324 e. The Morgan fingerprint density at radius 3 is 2.50 bits per heavy atom. The zero-order chi connectivity index (χ0) is 20.7. The lowest BCUT2D eigenvalue weighted by Crippen LogP contribution is -2.26. The van der Waals surface area contributed by atoms with Gasteiger partial charge < -0.3 is 15.6 Å². The lowest BCUT2D eigenvalue weighted by molar-refractivity contribution is -0.137. The number of pyridine rings is 1. The van der Waals surface area contributed by atoms with Gasteiger partial charge in [0.2, 0.25) is 5.95 Å². The number of aromatic nitrogens is 3. The molecule has 0 spiro atoms. The van der Waals surface area contributed by atoms with Crippen LogP contribution in [0, 0.1) is 0 Å². The van der Waals surface area contributed by atoms with Crippen molar-refractivity contribution in [1.29, 1.82) is 0 Å². The lowest BCUT2D eigenvalue weighted by atomic mass is 9.90. The minimum absolute atomic E-state index is 0.437. The van der Waals surface area contributed by atoms with Crippen LogP contribution >= 0.6 is 0 Å². The van der Waals surface area contributed by atoms with E-state index in [4.69, 9.17) is 0 Å². The molecule has 0 saturated carbocycles. The van der Waals surface area contributed by atoms with E-state index in [9.17, 15) is 13.2 Å². The summed E-state index contributed by atoms with van der Waals surface area (Å²) in [6, 6.07) is 13.1. The highest BCUT2D eigenvalue weighted by Gasteiger charge is 2.30. The van der Waals surface area contributed by atoms with Crippen LogP contribution in [0.3, 0.4) is 0 Å². The largest absolute Gasteiger partial charge is 0.416 e. The van der Waals surface area contributed by atoms with Gasteiger partial charge in [-0.05, 0) is 79.9 Å². The topological polar surface area (TPSA) is 65.6 Å². The number of imidazole rings is 1. The molecule has 154 valence electrons. The van der Waals surface area contributed by atoms with E-state index in [1.807, 2.05) is 6.07 Å². The number of fused-ring (bicyclic) bond motifs is 2. The first kappa shape index (κ1) is 18.9. The molecule has 3 heterocycles. The minimum atomic E-state index is -4.37. The van der Waals surface area contributed by atoms with Crippen LogP contribution in [0.4, 0.5) is 24.9 Å². The van der Waals surface area contributed by atoms with Gasteiger partial charge in [-0.3, -0.25) is 0 Å². The van der Waals surface area contributed by atoms with Crippen LogP contribution in [0.5, 0.6) is 0 Å². The van der Waals surface area contributed by atoms with Crippen LogP contribution in [-0.4, -0.2) is 28.0 Å². The molecule has 3 N–H and O–H groups in total. The number of alkyl halides is 3. The Balaban J connectivity index is 1.39. The van der Waals surface area contributed by atoms with Crippen molar-refractivity contribution in [2.45, 2.75) is 24.9 Å². The third-order valence-corrected chi connectivity index (χ3v) is 5.58. The van der Waals surface area contributed by atoms with Crippen LogP contribution in [0.1, 0.15) is 29.9 Å². The first-order valence-electron chi connectivity index (χ1n) is 9.91. The van der Waals surface area contributed by atoms with Gasteiger partial charge >= 0.3 is 6.18 Å². The Bertz CT molecular complexity index is 1210. The third kappa shape index (κ3) is 3.70. The van der Waals surface area contributed by atoms with E-state index in [1.165, 1.54) is 11.6 Å². The van der Waals surface area contributed by atoms with Gasteiger partial charge in [-0.15, -0.1) is 0 Å². The molecule has 2 aromatic heterocycles. The normalized spacial score (nSPS) is 15.7. The molecule has 5 rings (SSSR count). The van der Waals surface area contributed by atoms with Gasteiger partial charge in [-0.25, -0.2) is 9.97 Å². The van der Waals surface area contributed by atoms with Crippen molar-refractivity contribution in [1.82, 2.24) is 20.3 Å². The summed E-state index contributed by atoms with van der Waals surface area (Å²) in [4.78, 5) is 12.2. The van der Waals surface area contributed by atoms with E-state index in [-0.39, 0.29) is 0 Å². The van der Waals surface area contributed by atoms with E-state index in [1.54, 1.807) is 12.1 Å². The van der Waals surface area contributed by atoms with Crippen molar-refractivity contribution < 1.29 is 13.2 Å². The zero-order valence-electron chi connectivity index (χ0n) is 16.1. The summed E-state index contributed by atoms with van der Waals surface area (Å²) in [6.07, 6.45) is -2.12. The molecular weight excluding hydrogens is 391 g/mol. The maximum absolute atomic E-state index is 12.9. The number of nitrogens with zero attached hydrogens (tertiary/aromatic N) is 2. The molecule has 5 nitrogen and oxygen atoms in total. The van der Waals surface area contributed by atoms with Gasteiger partial charge in [0.1, 0.15) is 5.82 Å². The number of H-pyrrole nitrogens is 1. The molecule has 0 atom stereocenters. The van der Waals surface area contributed by atoms with Gasteiger partial charge in [-0.1, -0.05) is 6.07 Å². The second-order valence-electron chi connectivity index (χ2n) is 7.61. The molecule has 2 aromatic carbocycles. The van der Waals surface area contributed by atoms with E-state index < -0.39 is 11.7 Å². The monoisotopic (exact) mass is 411 g/mol. The fraction of sp³-hybridized carbons (Fsp3) is 0.273. The zero-order valence-corrected chi connectivity index (χ0v) is 16.1. The number of benzene rings is 2. The Kier molecular flexibility index (Phi) is 4.58. The molecule has 0 radical (unpaired) electrons. The highest BCUT2D eigenvalue weighted by molar-refractivity contribution is 5.82. The van der Waals surface area contributed by atoms with Crippen molar-refractivity contribution in [3.8, 4) is 0 Å². The summed E-state index contributed by atoms with van der Waals surface area (Å²) in [7, 11) is 0. The molecule has 1 aliphatic heterocycles. The molecule has 0 amide bonds. The number of piperidine rings is 1. The predicted octanol–water partition coefficient (Wildman–Crippen LogP) is 5.34. The standard InChI is InChI=1S/C22H20F3N5/c23-22(24,25)16-3-5-17-15(11-16)2-6-20(27-17)30-21-28-18-4-1-14(12-19(18)29-21)13-7-9-26-10-8-13/h1-6,11-13,26H,7-10H2,(H2,27,28,29,30). The molecular formula is C22H20F3N5. The Morgan fingerprint density at radius 2 is 1.70 bits per heavy atom. The number of hydrogen-bond acceptors (Lipinski definition) is 4. The summed E-state index contributed by atoms with van der Waals surface area (Å²) in [5.74, 6) is 1.62. The van der Waals surface area contributed by atoms with Gasteiger partial charge in [0.05, 0.1) is 22.1 Å². The van der Waals surface area contributed by atoms with Crippen LogP contribution in [-0.2, 0) is 6.18 Å². The molecule has 0 unspecified atom stereocenters. The summed E-state index contributed by atoms with van der Waals surface area (Å²) < 4.78 is 38.6. The highest BCUT2D eigenvalue weighted by atomic mass is 19.4. The quantitative estimate of drug-likeness (QED) is 0.426. The van der Waals surface area contributed by atoms with Crippen LogP contribution in [0.15, 0.2) is 48.5 Å². The third-order valence-electron chi connectivity index (χ3n) is 5.58. The van der Waals surface area contributed by atoms with Crippen molar-refractivity contribution in [2.75, 3.05) is 18.4 Å². The molecule has 30 heavy (non-hydrogen) atoms. The van der Waals surface area contributed by atoms with Gasteiger partial charge in [-0.2, -0.15) is 13.2 Å². The second-order valence-corrected chi connectivity index (χ2v) is 7.61. The molecule has 8 heteroatoms. The number of halogens is 3. The predicted molar refractivity (Wildman–Crippen MR) is 111 cm³/mol. The van der Waals surface area contributed by atoms with Gasteiger partial charge in [0.15, 0.2) is 0 Å². The fourth-order valence-electron chi connectivity index (χ4n) is 3.99. The maximum Gasteiger partial charge on any atom is 0.416 e. The SMILES string of the molecule is FC(F)(F)c1ccc2nc(Nc3nc4ccc(C5CCNCC5)cc4[nH]3)ccc2c1. The average Bonchev–Trinajstić information content (AvgIpc) is 3.14. The van der Waals surface area contributed by atoms with Crippen molar-refractivity contribution in [3.05, 3.63) is 59.7 Å². The van der Waals surface area contributed by atoms with Crippen LogP contribution in [0.25, 0.3) is 21.9 Å². The van der Waals surface area contributed by atoms with Gasteiger partial charge in [0.25, 0.3) is 0 Å². The fourth-order valence-corrected chi connectivity index (χ4v) is 3.99. The van der Waals surface area contributed by atoms with Crippen molar-refractivity contribution in [3.63, 3.8) is 0 Å².